The van der Waals surface area contributed by atoms with Gasteiger partial charge in [0.15, 0.2) is 17.1 Å². The van der Waals surface area contributed by atoms with Crippen LogP contribution in [0.25, 0.3) is 0 Å². The molecule has 1 spiro atoms. The average molecular weight is 610 g/mol. The fraction of sp³-hybridized carbons (Fsp3) is 0.562. The summed E-state index contributed by atoms with van der Waals surface area (Å²) in [6, 6.07) is 0.976. The van der Waals surface area contributed by atoms with E-state index in [9.17, 15) is 34.8 Å². The van der Waals surface area contributed by atoms with Crippen molar-refractivity contribution in [2.75, 3.05) is 31.6 Å². The van der Waals surface area contributed by atoms with Crippen molar-refractivity contribution in [2.45, 2.75) is 75.3 Å². The number of ether oxygens (including phenoxy) is 1. The number of nitrogens with one attached hydrogen (secondary N) is 1. The number of amides is 1. The summed E-state index contributed by atoms with van der Waals surface area (Å²) in [6.07, 6.45) is 6.19. The van der Waals surface area contributed by atoms with Gasteiger partial charge in [0.05, 0.1) is 23.3 Å². The van der Waals surface area contributed by atoms with Crippen LogP contribution in [0.4, 0.5) is 10.1 Å². The Morgan fingerprint density at radius 2 is 1.82 bits per heavy atom. The van der Waals surface area contributed by atoms with E-state index in [1.54, 1.807) is 0 Å². The first-order chi connectivity index (χ1) is 21.0. The van der Waals surface area contributed by atoms with Crippen molar-refractivity contribution >= 4 is 29.1 Å². The maximum Gasteiger partial charge on any atom is 0.238 e. The topological polar surface area (TPSA) is 169 Å². The highest BCUT2D eigenvalue weighted by Gasteiger charge is 2.60. The molecule has 2 fully saturated rings. The Balaban J connectivity index is 1.22. The van der Waals surface area contributed by atoms with Crippen LogP contribution in [0, 0.1) is 17.7 Å². The number of carbonyl (C=O) groups is 3. The Bertz CT molecular complexity index is 1570. The lowest BCUT2D eigenvalue weighted by atomic mass is 9.60. The lowest BCUT2D eigenvalue weighted by Gasteiger charge is -2.45. The number of aliphatic imine (C=N–C) groups is 1. The SMILES string of the molecule is O=C(CN1CCCC1)Nc1cc(F)c2c(c1O)C(=O)C1=C(O)[C@]3(O)C(=O)C(C4=NC5(CCCCC5)CO4)=C(O)C[C@@H]3CC1C2. The molecule has 1 saturated heterocycles. The standard InChI is InChI=1S/C32H36FN3O8/c33-19-13-20(34-22(38)14-36-8-4-5-9-36)26(39)24-18(19)11-16-10-17-12-21(37)25(29(42)32(17,43)28(41)23(16)27(24)40)30-35-31(15-44-30)6-2-1-3-7-31/h13,16-17,37,39,41,43H,1-12,14-15H2,(H,34,38)/t16?,17-,32-/m0/s1. The van der Waals surface area contributed by atoms with Gasteiger partial charge in [-0.25, -0.2) is 9.38 Å². The van der Waals surface area contributed by atoms with E-state index in [1.165, 1.54) is 0 Å². The van der Waals surface area contributed by atoms with Gasteiger partial charge >= 0.3 is 0 Å². The number of carbonyl (C=O) groups excluding carboxylic acids is 3. The smallest absolute Gasteiger partial charge is 0.238 e. The van der Waals surface area contributed by atoms with Crippen molar-refractivity contribution < 1.29 is 43.9 Å². The van der Waals surface area contributed by atoms with Crippen LogP contribution in [0.5, 0.6) is 5.75 Å². The van der Waals surface area contributed by atoms with Gasteiger partial charge in [-0.15, -0.1) is 0 Å². The summed E-state index contributed by atoms with van der Waals surface area (Å²) < 4.78 is 21.2. The number of aliphatic hydroxyl groups is 3. The van der Waals surface area contributed by atoms with Gasteiger partial charge in [0.25, 0.3) is 0 Å². The quantitative estimate of drug-likeness (QED) is 0.321. The van der Waals surface area contributed by atoms with E-state index in [2.05, 4.69) is 10.3 Å². The summed E-state index contributed by atoms with van der Waals surface area (Å²) in [5, 5.41) is 47.9. The molecule has 0 aromatic heterocycles. The van der Waals surface area contributed by atoms with E-state index in [1.807, 2.05) is 4.90 Å². The molecule has 234 valence electrons. The van der Waals surface area contributed by atoms with Crippen molar-refractivity contribution in [1.29, 1.82) is 0 Å². The summed E-state index contributed by atoms with van der Waals surface area (Å²) in [4.78, 5) is 47.0. The molecule has 2 aliphatic heterocycles. The highest BCUT2D eigenvalue weighted by Crippen LogP contribution is 2.53. The average Bonchev–Trinajstić information content (AvgIpc) is 3.64. The summed E-state index contributed by atoms with van der Waals surface area (Å²) in [6.45, 7) is 1.81. The number of ketones is 2. The van der Waals surface area contributed by atoms with Crippen LogP contribution < -0.4 is 5.32 Å². The molecular formula is C32H36FN3O8. The number of Topliss-reactive ketones (excluding diaryl/α,β-unsaturated/α-hetero) is 2. The van der Waals surface area contributed by atoms with Crippen molar-refractivity contribution in [3.63, 3.8) is 0 Å². The molecule has 7 rings (SSSR count). The number of phenolic OH excluding ortho intramolecular Hbond substituents is 1. The number of aliphatic hydroxyl groups excluding tert-OH is 2. The normalized spacial score (nSPS) is 29.7. The number of halogens is 1. The first kappa shape index (κ1) is 29.0. The van der Waals surface area contributed by atoms with Crippen LogP contribution in [-0.2, 0) is 20.7 Å². The second kappa shape index (κ2) is 10.4. The molecule has 11 nitrogen and oxygen atoms in total. The van der Waals surface area contributed by atoms with Gasteiger partial charge in [-0.3, -0.25) is 19.3 Å². The van der Waals surface area contributed by atoms with Crippen LogP contribution in [0.1, 0.15) is 73.7 Å². The van der Waals surface area contributed by atoms with E-state index in [4.69, 9.17) is 4.74 Å². The van der Waals surface area contributed by atoms with Crippen molar-refractivity contribution in [2.24, 2.45) is 16.8 Å². The molecule has 1 amide bonds. The molecule has 1 aromatic carbocycles. The number of hydrogen-bond acceptors (Lipinski definition) is 10. The second-order valence-corrected chi connectivity index (χ2v) is 13.2. The van der Waals surface area contributed by atoms with Gasteiger partial charge < -0.3 is 30.5 Å². The third-order valence-electron chi connectivity index (χ3n) is 10.4. The van der Waals surface area contributed by atoms with Crippen LogP contribution in [0.3, 0.4) is 0 Å². The fourth-order valence-corrected chi connectivity index (χ4v) is 8.11. The highest BCUT2D eigenvalue weighted by molar-refractivity contribution is 6.25. The predicted octanol–water partition coefficient (Wildman–Crippen LogP) is 3.40. The van der Waals surface area contributed by atoms with Gasteiger partial charge in [-0.1, -0.05) is 19.3 Å². The van der Waals surface area contributed by atoms with E-state index in [-0.39, 0.29) is 66.5 Å². The molecule has 12 heteroatoms. The number of likely N-dealkylation sites (tertiary alicyclic amines) is 1. The van der Waals surface area contributed by atoms with Gasteiger partial charge in [0.2, 0.25) is 17.6 Å². The van der Waals surface area contributed by atoms with Gasteiger partial charge in [-0.05, 0) is 57.5 Å². The Hall–Kier alpha value is -3.77. The zero-order valence-corrected chi connectivity index (χ0v) is 24.3. The van der Waals surface area contributed by atoms with Crippen LogP contribution in [-0.4, -0.2) is 86.1 Å². The molecule has 44 heavy (non-hydrogen) atoms. The van der Waals surface area contributed by atoms with Crippen molar-refractivity contribution in [3.8, 4) is 5.75 Å². The molecule has 1 unspecified atom stereocenters. The third kappa shape index (κ3) is 4.36. The number of phenols is 1. The summed E-state index contributed by atoms with van der Waals surface area (Å²) in [5.41, 5.74) is -4.43. The Morgan fingerprint density at radius 1 is 1.09 bits per heavy atom. The van der Waals surface area contributed by atoms with Gasteiger partial charge in [-0.2, -0.15) is 0 Å². The number of aromatic hydroxyl groups is 1. The molecule has 5 N–H and O–H groups in total. The molecule has 0 bridgehead atoms. The molecule has 2 heterocycles. The number of allylic oxidation sites excluding steroid dienone is 2. The van der Waals surface area contributed by atoms with E-state index in [0.717, 1.165) is 64.1 Å². The van der Waals surface area contributed by atoms with E-state index in [0.29, 0.717) is 0 Å². The first-order valence-electron chi connectivity index (χ1n) is 15.5. The number of nitrogens with zero attached hydrogens (tertiary/aromatic N) is 2. The molecule has 1 aromatic rings. The number of anilines is 1. The molecular weight excluding hydrogens is 573 g/mol. The largest absolute Gasteiger partial charge is 0.511 e. The van der Waals surface area contributed by atoms with E-state index >= 15 is 4.39 Å². The maximum atomic E-state index is 15.4. The molecule has 3 atom stereocenters. The molecule has 4 aliphatic carbocycles. The lowest BCUT2D eigenvalue weighted by molar-refractivity contribution is -0.142. The summed E-state index contributed by atoms with van der Waals surface area (Å²) >= 11 is 0. The Morgan fingerprint density at radius 3 is 2.55 bits per heavy atom. The zero-order chi connectivity index (χ0) is 31.0. The Kier molecular flexibility index (Phi) is 6.85. The van der Waals surface area contributed by atoms with Gasteiger partial charge in [0.1, 0.15) is 29.5 Å². The molecule has 6 aliphatic rings. The number of rotatable bonds is 4. The highest BCUT2D eigenvalue weighted by atomic mass is 19.1. The number of benzene rings is 1. The van der Waals surface area contributed by atoms with Crippen molar-refractivity contribution in [1.82, 2.24) is 4.90 Å². The molecule has 0 radical (unpaired) electrons. The minimum Gasteiger partial charge on any atom is -0.511 e. The van der Waals surface area contributed by atoms with Gasteiger partial charge in [0, 0.05) is 29.5 Å². The lowest BCUT2D eigenvalue weighted by Crippen LogP contribution is -2.56. The third-order valence-corrected chi connectivity index (χ3v) is 10.4. The van der Waals surface area contributed by atoms with Crippen molar-refractivity contribution in [3.05, 3.63) is 45.7 Å². The number of fused-ring (bicyclic) bond motifs is 3. The second-order valence-electron chi connectivity index (χ2n) is 13.2. The van der Waals surface area contributed by atoms with Crippen LogP contribution in [0.15, 0.2) is 33.7 Å². The van der Waals surface area contributed by atoms with E-state index < -0.39 is 63.3 Å². The van der Waals surface area contributed by atoms with Crippen LogP contribution in [0.2, 0.25) is 0 Å². The molecule has 1 saturated carbocycles. The number of hydrogen-bond donors (Lipinski definition) is 5. The first-order valence-corrected chi connectivity index (χ1v) is 15.5. The zero-order valence-electron chi connectivity index (χ0n) is 24.3. The van der Waals surface area contributed by atoms with Crippen LogP contribution >= 0.6 is 0 Å². The minimum atomic E-state index is -2.55. The maximum absolute atomic E-state index is 15.4. The monoisotopic (exact) mass is 609 g/mol. The fourth-order valence-electron chi connectivity index (χ4n) is 8.11. The summed E-state index contributed by atoms with van der Waals surface area (Å²) in [5.74, 6) is -6.91. The summed E-state index contributed by atoms with van der Waals surface area (Å²) in [7, 11) is 0. The minimum absolute atomic E-state index is 0.00402. The Labute approximate surface area is 253 Å². The predicted molar refractivity (Wildman–Crippen MR) is 155 cm³/mol.